The van der Waals surface area contributed by atoms with Crippen LogP contribution in [0.3, 0.4) is 0 Å². The van der Waals surface area contributed by atoms with Gasteiger partial charge in [-0.15, -0.1) is 0 Å². The third-order valence-electron chi connectivity index (χ3n) is 4.50. The van der Waals surface area contributed by atoms with E-state index in [9.17, 15) is 0 Å². The highest BCUT2D eigenvalue weighted by atomic mass is 35.5. The summed E-state index contributed by atoms with van der Waals surface area (Å²) >= 11 is 5.95. The molecule has 1 N–H and O–H groups in total. The SMILES string of the molecule is Clc1ccc(-c2cnc([C@@H]3COCCN3CC3CC3)[nH]2)cc1. The molecule has 1 aromatic carbocycles. The number of rotatable bonds is 4. The molecule has 0 unspecified atom stereocenters. The largest absolute Gasteiger partial charge is 0.378 e. The predicted octanol–water partition coefficient (Wildman–Crippen LogP) is 3.51. The van der Waals surface area contributed by atoms with Crippen LogP contribution in [0.1, 0.15) is 24.7 Å². The van der Waals surface area contributed by atoms with Crippen molar-refractivity contribution in [3.63, 3.8) is 0 Å². The highest BCUT2D eigenvalue weighted by molar-refractivity contribution is 6.30. The van der Waals surface area contributed by atoms with E-state index < -0.39 is 0 Å². The lowest BCUT2D eigenvalue weighted by molar-refractivity contribution is -0.0134. The third kappa shape index (κ3) is 3.05. The number of benzene rings is 1. The van der Waals surface area contributed by atoms with Crippen LogP contribution in [0.15, 0.2) is 30.5 Å². The first-order chi connectivity index (χ1) is 10.8. The topological polar surface area (TPSA) is 41.1 Å². The van der Waals surface area contributed by atoms with Crippen molar-refractivity contribution in [1.82, 2.24) is 14.9 Å². The Balaban J connectivity index is 1.54. The van der Waals surface area contributed by atoms with Crippen molar-refractivity contribution >= 4 is 11.6 Å². The lowest BCUT2D eigenvalue weighted by atomic mass is 10.2. The van der Waals surface area contributed by atoms with Gasteiger partial charge in [-0.1, -0.05) is 23.7 Å². The smallest absolute Gasteiger partial charge is 0.126 e. The van der Waals surface area contributed by atoms with E-state index in [0.717, 1.165) is 47.8 Å². The Morgan fingerprint density at radius 3 is 2.86 bits per heavy atom. The lowest BCUT2D eigenvalue weighted by Crippen LogP contribution is -2.41. The number of imidazole rings is 1. The molecule has 22 heavy (non-hydrogen) atoms. The van der Waals surface area contributed by atoms with Crippen LogP contribution in [0.5, 0.6) is 0 Å². The van der Waals surface area contributed by atoms with Crippen molar-refractivity contribution in [2.75, 3.05) is 26.3 Å². The van der Waals surface area contributed by atoms with E-state index in [2.05, 4.69) is 14.9 Å². The summed E-state index contributed by atoms with van der Waals surface area (Å²) in [6.45, 7) is 3.72. The Labute approximate surface area is 135 Å². The molecule has 4 rings (SSSR count). The van der Waals surface area contributed by atoms with Crippen LogP contribution in [0.4, 0.5) is 0 Å². The van der Waals surface area contributed by atoms with E-state index in [1.54, 1.807) is 0 Å². The number of H-pyrrole nitrogens is 1. The molecular formula is C17H20ClN3O. The Kier molecular flexibility index (Phi) is 3.90. The van der Waals surface area contributed by atoms with Crippen LogP contribution in [-0.2, 0) is 4.74 Å². The minimum atomic E-state index is 0.246. The fourth-order valence-corrected chi connectivity index (χ4v) is 3.15. The predicted molar refractivity (Wildman–Crippen MR) is 86.9 cm³/mol. The average molecular weight is 318 g/mol. The van der Waals surface area contributed by atoms with E-state index >= 15 is 0 Å². The van der Waals surface area contributed by atoms with Gasteiger partial charge in [-0.2, -0.15) is 0 Å². The summed E-state index contributed by atoms with van der Waals surface area (Å²) in [6, 6.07) is 8.08. The minimum Gasteiger partial charge on any atom is -0.378 e. The van der Waals surface area contributed by atoms with Gasteiger partial charge in [0.05, 0.1) is 31.1 Å². The van der Waals surface area contributed by atoms with E-state index in [-0.39, 0.29) is 6.04 Å². The first-order valence-electron chi connectivity index (χ1n) is 7.92. The van der Waals surface area contributed by atoms with Crippen molar-refractivity contribution in [3.05, 3.63) is 41.3 Å². The molecule has 1 aliphatic carbocycles. The zero-order valence-corrected chi connectivity index (χ0v) is 13.2. The molecule has 1 saturated heterocycles. The van der Waals surface area contributed by atoms with Gasteiger partial charge in [-0.3, -0.25) is 4.90 Å². The third-order valence-corrected chi connectivity index (χ3v) is 4.75. The molecule has 116 valence electrons. The van der Waals surface area contributed by atoms with Crippen molar-refractivity contribution in [3.8, 4) is 11.3 Å². The van der Waals surface area contributed by atoms with Gasteiger partial charge in [0.15, 0.2) is 0 Å². The molecule has 2 aromatic rings. The van der Waals surface area contributed by atoms with Crippen molar-refractivity contribution in [1.29, 1.82) is 0 Å². The Morgan fingerprint density at radius 2 is 2.09 bits per heavy atom. The lowest BCUT2D eigenvalue weighted by Gasteiger charge is -2.34. The maximum absolute atomic E-state index is 5.95. The van der Waals surface area contributed by atoms with Gasteiger partial charge in [0.1, 0.15) is 5.82 Å². The molecule has 2 heterocycles. The molecule has 1 atom stereocenters. The molecular weight excluding hydrogens is 298 g/mol. The molecule has 0 radical (unpaired) electrons. The Morgan fingerprint density at radius 1 is 1.27 bits per heavy atom. The van der Waals surface area contributed by atoms with Crippen LogP contribution in [-0.4, -0.2) is 41.2 Å². The summed E-state index contributed by atoms with van der Waals surface area (Å²) in [5, 5.41) is 0.750. The first-order valence-corrected chi connectivity index (χ1v) is 8.30. The normalized spacial score (nSPS) is 22.9. The summed E-state index contributed by atoms with van der Waals surface area (Å²) in [7, 11) is 0. The molecule has 2 aliphatic rings. The van der Waals surface area contributed by atoms with Crippen molar-refractivity contribution in [2.45, 2.75) is 18.9 Å². The minimum absolute atomic E-state index is 0.246. The van der Waals surface area contributed by atoms with Gasteiger partial charge in [0, 0.05) is 18.1 Å². The second kappa shape index (κ2) is 6.03. The van der Waals surface area contributed by atoms with Crippen LogP contribution in [0.2, 0.25) is 5.02 Å². The van der Waals surface area contributed by atoms with Gasteiger partial charge in [0.25, 0.3) is 0 Å². The molecule has 1 saturated carbocycles. The fourth-order valence-electron chi connectivity index (χ4n) is 3.02. The monoisotopic (exact) mass is 317 g/mol. The number of aromatic amines is 1. The molecule has 2 fully saturated rings. The first kappa shape index (κ1) is 14.2. The number of nitrogens with zero attached hydrogens (tertiary/aromatic N) is 2. The van der Waals surface area contributed by atoms with Crippen molar-refractivity contribution in [2.24, 2.45) is 5.92 Å². The Bertz CT molecular complexity index is 636. The highest BCUT2D eigenvalue weighted by Gasteiger charge is 2.32. The van der Waals surface area contributed by atoms with Gasteiger partial charge < -0.3 is 9.72 Å². The van der Waals surface area contributed by atoms with Crippen molar-refractivity contribution < 1.29 is 4.74 Å². The van der Waals surface area contributed by atoms with Gasteiger partial charge in [0.2, 0.25) is 0 Å². The second-order valence-electron chi connectivity index (χ2n) is 6.22. The number of morpholine rings is 1. The summed E-state index contributed by atoms with van der Waals surface area (Å²) in [6.07, 6.45) is 4.65. The maximum Gasteiger partial charge on any atom is 0.126 e. The van der Waals surface area contributed by atoms with Gasteiger partial charge in [-0.25, -0.2) is 4.98 Å². The van der Waals surface area contributed by atoms with Gasteiger partial charge >= 0.3 is 0 Å². The van der Waals surface area contributed by atoms with E-state index in [1.165, 1.54) is 19.4 Å². The molecule has 5 heteroatoms. The summed E-state index contributed by atoms with van der Waals surface area (Å²) < 4.78 is 5.68. The van der Waals surface area contributed by atoms with E-state index in [4.69, 9.17) is 16.3 Å². The Hall–Kier alpha value is -1.36. The molecule has 0 amide bonds. The van der Waals surface area contributed by atoms with Gasteiger partial charge in [-0.05, 0) is 36.5 Å². The molecule has 0 spiro atoms. The number of aromatic nitrogens is 2. The summed E-state index contributed by atoms with van der Waals surface area (Å²) in [5.41, 5.74) is 2.14. The highest BCUT2D eigenvalue weighted by Crippen LogP contribution is 2.33. The van der Waals surface area contributed by atoms with E-state index in [0.29, 0.717) is 0 Å². The number of nitrogens with one attached hydrogen (secondary N) is 1. The number of hydrogen-bond acceptors (Lipinski definition) is 3. The van der Waals surface area contributed by atoms with E-state index in [1.807, 2.05) is 30.5 Å². The number of ether oxygens (including phenoxy) is 1. The summed E-state index contributed by atoms with van der Waals surface area (Å²) in [5.74, 6) is 1.89. The second-order valence-corrected chi connectivity index (χ2v) is 6.65. The average Bonchev–Trinajstić information content (AvgIpc) is 3.22. The van der Waals surface area contributed by atoms with Crippen LogP contribution >= 0.6 is 11.6 Å². The zero-order chi connectivity index (χ0) is 14.9. The fraction of sp³-hybridized carbons (Fsp3) is 0.471. The number of halogens is 1. The molecule has 0 bridgehead atoms. The molecule has 1 aromatic heterocycles. The molecule has 4 nitrogen and oxygen atoms in total. The summed E-state index contributed by atoms with van der Waals surface area (Å²) in [4.78, 5) is 10.6. The quantitative estimate of drug-likeness (QED) is 0.938. The standard InChI is InChI=1S/C17H20ClN3O/c18-14-5-3-13(4-6-14)15-9-19-17(20-15)16-11-22-8-7-21(16)10-12-1-2-12/h3-6,9,12,16H,1-2,7-8,10-11H2,(H,19,20)/t16-/m0/s1. The number of hydrogen-bond donors (Lipinski definition) is 1. The molecule has 1 aliphatic heterocycles. The maximum atomic E-state index is 5.95. The van der Waals surface area contributed by atoms with Crippen LogP contribution in [0, 0.1) is 5.92 Å². The van der Waals surface area contributed by atoms with Crippen LogP contribution in [0.25, 0.3) is 11.3 Å². The zero-order valence-electron chi connectivity index (χ0n) is 12.5. The van der Waals surface area contributed by atoms with Crippen LogP contribution < -0.4 is 0 Å².